The molecule has 0 unspecified atom stereocenters. The maximum Gasteiger partial charge on any atom is 0.201 e. The van der Waals surface area contributed by atoms with Gasteiger partial charge in [-0.1, -0.05) is 0 Å². The van der Waals surface area contributed by atoms with Gasteiger partial charge in [0.05, 0.1) is 17.7 Å². The first-order chi connectivity index (χ1) is 6.65. The van der Waals surface area contributed by atoms with Gasteiger partial charge in [0.25, 0.3) is 0 Å². The lowest BCUT2D eigenvalue weighted by Crippen LogP contribution is -2.12. The van der Waals surface area contributed by atoms with Crippen molar-refractivity contribution in [2.45, 2.75) is 6.04 Å². The van der Waals surface area contributed by atoms with Crippen LogP contribution in [-0.2, 0) is 0 Å². The fraction of sp³-hybridized carbons (Fsp3) is 0.222. The number of rotatable bonds is 0. The second kappa shape index (κ2) is 2.93. The van der Waals surface area contributed by atoms with E-state index in [1.165, 1.54) is 0 Å². The normalized spacial score (nSPS) is 18.6. The zero-order chi connectivity index (χ0) is 10.3. The summed E-state index contributed by atoms with van der Waals surface area (Å²) in [4.78, 5) is 0. The lowest BCUT2D eigenvalue weighted by molar-refractivity contribution is 0.314. The number of fused-ring (bicyclic) bond motifs is 1. The second-order valence-corrected chi connectivity index (χ2v) is 2.99. The number of nitriles is 1. The summed E-state index contributed by atoms with van der Waals surface area (Å²) in [7, 11) is 0. The highest BCUT2D eigenvalue weighted by Crippen LogP contribution is 2.37. The minimum absolute atomic E-state index is 0.0314. The highest BCUT2D eigenvalue weighted by Gasteiger charge is 2.29. The molecule has 1 aromatic carbocycles. The first kappa shape index (κ1) is 8.91. The Morgan fingerprint density at radius 1 is 1.57 bits per heavy atom. The van der Waals surface area contributed by atoms with Crippen LogP contribution in [0.15, 0.2) is 6.07 Å². The van der Waals surface area contributed by atoms with Crippen molar-refractivity contribution in [2.75, 3.05) is 6.61 Å². The molecule has 0 radical (unpaired) electrons. The van der Waals surface area contributed by atoms with Crippen molar-refractivity contribution in [2.24, 2.45) is 5.73 Å². The van der Waals surface area contributed by atoms with Gasteiger partial charge in [-0.25, -0.2) is 4.39 Å². The van der Waals surface area contributed by atoms with Gasteiger partial charge in [-0.3, -0.25) is 0 Å². The molecule has 2 rings (SSSR count). The first-order valence-corrected chi connectivity index (χ1v) is 3.95. The van der Waals surface area contributed by atoms with E-state index in [0.717, 1.165) is 6.07 Å². The van der Waals surface area contributed by atoms with Crippen molar-refractivity contribution < 1.29 is 13.5 Å². The summed E-state index contributed by atoms with van der Waals surface area (Å²) in [6.07, 6.45) is 0. The Hall–Kier alpha value is -1.67. The Bertz CT molecular complexity index is 439. The number of benzene rings is 1. The van der Waals surface area contributed by atoms with Crippen LogP contribution in [0.25, 0.3) is 0 Å². The summed E-state index contributed by atoms with van der Waals surface area (Å²) in [5.74, 6) is -2.39. The van der Waals surface area contributed by atoms with Crippen LogP contribution in [0, 0.1) is 23.0 Å². The molecule has 0 bridgehead atoms. The fourth-order valence-electron chi connectivity index (χ4n) is 1.48. The van der Waals surface area contributed by atoms with E-state index in [0.29, 0.717) is 0 Å². The molecule has 1 aromatic rings. The van der Waals surface area contributed by atoms with Gasteiger partial charge in [0.15, 0.2) is 11.6 Å². The molecule has 3 nitrogen and oxygen atoms in total. The highest BCUT2D eigenvalue weighted by molar-refractivity contribution is 5.51. The molecular weight excluding hydrogens is 190 g/mol. The van der Waals surface area contributed by atoms with Gasteiger partial charge >= 0.3 is 0 Å². The summed E-state index contributed by atoms with van der Waals surface area (Å²) in [6.45, 7) is 0.0738. The lowest BCUT2D eigenvalue weighted by Gasteiger charge is -2.04. The minimum atomic E-state index is -1.09. The van der Waals surface area contributed by atoms with Gasteiger partial charge in [0.2, 0.25) is 5.82 Å². The van der Waals surface area contributed by atoms with E-state index in [9.17, 15) is 8.78 Å². The molecule has 1 aliphatic rings. The second-order valence-electron chi connectivity index (χ2n) is 2.99. The zero-order valence-electron chi connectivity index (χ0n) is 7.05. The monoisotopic (exact) mass is 196 g/mol. The molecule has 0 saturated carbocycles. The molecule has 1 aliphatic heterocycles. The zero-order valence-corrected chi connectivity index (χ0v) is 7.05. The van der Waals surface area contributed by atoms with Gasteiger partial charge < -0.3 is 10.5 Å². The summed E-state index contributed by atoms with van der Waals surface area (Å²) >= 11 is 0. The maximum absolute atomic E-state index is 13.1. The van der Waals surface area contributed by atoms with Crippen molar-refractivity contribution in [3.63, 3.8) is 0 Å². The molecule has 0 aliphatic carbocycles. The van der Waals surface area contributed by atoms with Crippen LogP contribution >= 0.6 is 0 Å². The Morgan fingerprint density at radius 3 is 2.93 bits per heavy atom. The van der Waals surface area contributed by atoms with Gasteiger partial charge in [-0.05, 0) is 6.07 Å². The summed E-state index contributed by atoms with van der Waals surface area (Å²) in [5.41, 5.74) is 5.86. The summed E-state index contributed by atoms with van der Waals surface area (Å²) in [6, 6.07) is 2.03. The van der Waals surface area contributed by atoms with Gasteiger partial charge in [0, 0.05) is 5.56 Å². The van der Waals surface area contributed by atoms with Gasteiger partial charge in [0.1, 0.15) is 6.61 Å². The van der Waals surface area contributed by atoms with E-state index in [2.05, 4.69) is 0 Å². The molecule has 1 heterocycles. The van der Waals surface area contributed by atoms with Gasteiger partial charge in [-0.15, -0.1) is 0 Å². The highest BCUT2D eigenvalue weighted by atomic mass is 19.2. The van der Waals surface area contributed by atoms with Crippen LogP contribution in [0.2, 0.25) is 0 Å². The van der Waals surface area contributed by atoms with Crippen LogP contribution in [-0.4, -0.2) is 6.61 Å². The third kappa shape index (κ3) is 1.05. The van der Waals surface area contributed by atoms with Crippen molar-refractivity contribution in [1.82, 2.24) is 0 Å². The van der Waals surface area contributed by atoms with E-state index in [1.807, 2.05) is 0 Å². The molecule has 5 heteroatoms. The third-order valence-electron chi connectivity index (χ3n) is 2.11. The SMILES string of the molecule is N#Cc1cc(F)c(F)c2c1[C@H](N)CO2. The first-order valence-electron chi connectivity index (χ1n) is 3.95. The van der Waals surface area contributed by atoms with Crippen LogP contribution < -0.4 is 10.5 Å². The number of nitrogens with two attached hydrogens (primary N) is 1. The number of ether oxygens (including phenoxy) is 1. The Morgan fingerprint density at radius 2 is 2.29 bits per heavy atom. The molecule has 14 heavy (non-hydrogen) atoms. The molecule has 0 fully saturated rings. The van der Waals surface area contributed by atoms with Crippen molar-refractivity contribution in [1.29, 1.82) is 5.26 Å². The number of nitrogens with zero attached hydrogens (tertiary/aromatic N) is 1. The molecule has 0 spiro atoms. The lowest BCUT2D eigenvalue weighted by atomic mass is 10.0. The number of halogens is 2. The van der Waals surface area contributed by atoms with E-state index in [-0.39, 0.29) is 23.5 Å². The van der Waals surface area contributed by atoms with Crippen LogP contribution in [0.1, 0.15) is 17.2 Å². The number of hydrogen-bond acceptors (Lipinski definition) is 3. The standard InChI is InChI=1S/C9H6F2N2O/c10-5-1-4(2-12)7-6(13)3-14-9(7)8(5)11/h1,6H,3,13H2/t6-/m1/s1. The Labute approximate surface area is 78.7 Å². The van der Waals surface area contributed by atoms with E-state index < -0.39 is 17.7 Å². The van der Waals surface area contributed by atoms with Crippen LogP contribution in [0.4, 0.5) is 8.78 Å². The summed E-state index contributed by atoms with van der Waals surface area (Å²) in [5, 5.41) is 8.68. The van der Waals surface area contributed by atoms with Crippen molar-refractivity contribution >= 4 is 0 Å². The molecule has 0 aromatic heterocycles. The molecule has 1 atom stereocenters. The van der Waals surface area contributed by atoms with Gasteiger partial charge in [-0.2, -0.15) is 9.65 Å². The minimum Gasteiger partial charge on any atom is -0.488 e. The number of hydrogen-bond donors (Lipinski definition) is 1. The van der Waals surface area contributed by atoms with E-state index in [4.69, 9.17) is 15.7 Å². The average Bonchev–Trinajstić information content (AvgIpc) is 2.55. The third-order valence-corrected chi connectivity index (χ3v) is 2.11. The van der Waals surface area contributed by atoms with E-state index in [1.54, 1.807) is 6.07 Å². The molecule has 0 amide bonds. The van der Waals surface area contributed by atoms with Crippen LogP contribution in [0.5, 0.6) is 5.75 Å². The quantitative estimate of drug-likeness (QED) is 0.678. The predicted octanol–water partition coefficient (Wildman–Crippen LogP) is 1.23. The maximum atomic E-state index is 13.1. The largest absolute Gasteiger partial charge is 0.488 e. The average molecular weight is 196 g/mol. The topological polar surface area (TPSA) is 59.0 Å². The predicted molar refractivity (Wildman–Crippen MR) is 43.5 cm³/mol. The van der Waals surface area contributed by atoms with Crippen molar-refractivity contribution in [3.05, 3.63) is 28.8 Å². The summed E-state index contributed by atoms with van der Waals surface area (Å²) < 4.78 is 30.9. The molecular formula is C9H6F2N2O. The Kier molecular flexibility index (Phi) is 1.86. The van der Waals surface area contributed by atoms with E-state index >= 15 is 0 Å². The van der Waals surface area contributed by atoms with Crippen LogP contribution in [0.3, 0.4) is 0 Å². The molecule has 0 saturated heterocycles. The molecule has 2 N–H and O–H groups in total. The molecule has 72 valence electrons. The van der Waals surface area contributed by atoms with Crippen molar-refractivity contribution in [3.8, 4) is 11.8 Å². The smallest absolute Gasteiger partial charge is 0.201 e. The Balaban J connectivity index is 2.74. The fourth-order valence-corrected chi connectivity index (χ4v) is 1.48.